The van der Waals surface area contributed by atoms with E-state index in [4.69, 9.17) is 16.3 Å². The highest BCUT2D eigenvalue weighted by molar-refractivity contribution is 7.92. The number of sulfonamides is 1. The highest BCUT2D eigenvalue weighted by atomic mass is 35.5. The number of nitrogens with zero attached hydrogens (tertiary/aromatic N) is 1. The molecular weight excluding hydrogens is 496 g/mol. The summed E-state index contributed by atoms with van der Waals surface area (Å²) < 4.78 is 33.1. The molecule has 0 saturated heterocycles. The summed E-state index contributed by atoms with van der Waals surface area (Å²) in [5, 5.41) is 3.59. The van der Waals surface area contributed by atoms with Crippen LogP contribution < -0.4 is 9.62 Å². The fraction of sp³-hybridized carbons (Fsp3) is 0.250. The van der Waals surface area contributed by atoms with Crippen LogP contribution in [-0.4, -0.2) is 33.4 Å². The summed E-state index contributed by atoms with van der Waals surface area (Å²) in [6, 6.07) is 14.1. The molecule has 0 radical (unpaired) electrons. The molecule has 0 fully saturated rings. The lowest BCUT2D eigenvalue weighted by atomic mass is 10.1. The number of aryl methyl sites for hydroxylation is 1. The van der Waals surface area contributed by atoms with Crippen LogP contribution in [0.25, 0.3) is 0 Å². The zero-order chi connectivity index (χ0) is 24.3. The molecule has 1 N–H and O–H groups in total. The van der Waals surface area contributed by atoms with Gasteiger partial charge in [0.25, 0.3) is 10.0 Å². The number of nitrogens with one attached hydrogen (secondary N) is 1. The number of ether oxygens (including phenoxy) is 1. The van der Waals surface area contributed by atoms with Gasteiger partial charge in [0, 0.05) is 9.90 Å². The summed E-state index contributed by atoms with van der Waals surface area (Å²) in [6.07, 6.45) is 2.53. The van der Waals surface area contributed by atoms with Crippen molar-refractivity contribution in [1.82, 2.24) is 0 Å². The molecule has 10 heteroatoms. The number of esters is 1. The molecule has 1 heterocycles. The largest absolute Gasteiger partial charge is 0.462 e. The maximum atomic E-state index is 13.4. The van der Waals surface area contributed by atoms with Crippen molar-refractivity contribution in [2.75, 3.05) is 22.8 Å². The van der Waals surface area contributed by atoms with E-state index in [-0.39, 0.29) is 11.5 Å². The Hall–Kier alpha value is -2.88. The van der Waals surface area contributed by atoms with Gasteiger partial charge in [0.1, 0.15) is 11.5 Å². The minimum Gasteiger partial charge on any atom is -0.462 e. The number of carbonyl (C=O) groups excluding carboxylic acids is 2. The van der Waals surface area contributed by atoms with E-state index in [0.29, 0.717) is 21.3 Å². The van der Waals surface area contributed by atoms with Gasteiger partial charge in [-0.25, -0.2) is 13.2 Å². The minimum atomic E-state index is -4.04. The normalized spacial score (nSPS) is 12.8. The molecule has 2 aromatic carbocycles. The molecule has 0 saturated carbocycles. The number of rotatable bonds is 8. The number of thiophene rings is 1. The van der Waals surface area contributed by atoms with E-state index in [2.05, 4.69) is 5.32 Å². The van der Waals surface area contributed by atoms with Gasteiger partial charge in [-0.05, 0) is 68.1 Å². The second-order valence-corrected chi connectivity index (χ2v) is 11.0. The molecule has 0 atom stereocenters. The molecule has 178 valence electrons. The number of carbonyl (C=O) groups is 2. The maximum absolute atomic E-state index is 13.4. The predicted octanol–water partition coefficient (Wildman–Crippen LogP) is 4.90. The number of amides is 1. The maximum Gasteiger partial charge on any atom is 0.341 e. The molecule has 3 aromatic rings. The van der Waals surface area contributed by atoms with Crippen molar-refractivity contribution in [2.24, 2.45) is 0 Å². The van der Waals surface area contributed by atoms with Crippen molar-refractivity contribution < 1.29 is 22.7 Å². The quantitative estimate of drug-likeness (QED) is 0.428. The molecule has 7 nitrogen and oxygen atoms in total. The third-order valence-electron chi connectivity index (χ3n) is 5.39. The lowest BCUT2D eigenvalue weighted by Gasteiger charge is -2.24. The highest BCUT2D eigenvalue weighted by Gasteiger charge is 2.31. The van der Waals surface area contributed by atoms with Crippen molar-refractivity contribution in [3.63, 3.8) is 0 Å². The molecule has 0 bridgehead atoms. The minimum absolute atomic E-state index is 0.0556. The van der Waals surface area contributed by atoms with Gasteiger partial charge in [-0.2, -0.15) is 0 Å². The van der Waals surface area contributed by atoms with Gasteiger partial charge in [-0.3, -0.25) is 9.10 Å². The van der Waals surface area contributed by atoms with Gasteiger partial charge in [-0.1, -0.05) is 29.8 Å². The van der Waals surface area contributed by atoms with E-state index < -0.39 is 28.4 Å². The summed E-state index contributed by atoms with van der Waals surface area (Å²) >= 11 is 7.32. The van der Waals surface area contributed by atoms with Crippen molar-refractivity contribution in [1.29, 1.82) is 0 Å². The van der Waals surface area contributed by atoms with Crippen molar-refractivity contribution in [3.05, 3.63) is 75.6 Å². The van der Waals surface area contributed by atoms with E-state index in [1.807, 2.05) is 0 Å². The third kappa shape index (κ3) is 4.96. The first-order valence-electron chi connectivity index (χ1n) is 10.8. The van der Waals surface area contributed by atoms with Crippen molar-refractivity contribution in [3.8, 4) is 0 Å². The zero-order valence-electron chi connectivity index (χ0n) is 18.4. The highest BCUT2D eigenvalue weighted by Crippen LogP contribution is 2.39. The van der Waals surface area contributed by atoms with Crippen LogP contribution in [0.15, 0.2) is 59.5 Å². The third-order valence-corrected chi connectivity index (χ3v) is 8.63. The molecular formula is C24H23ClN2O5S2. The predicted molar refractivity (Wildman–Crippen MR) is 133 cm³/mol. The Kier molecular flexibility index (Phi) is 7.25. The van der Waals surface area contributed by atoms with Crippen molar-refractivity contribution in [2.45, 2.75) is 31.1 Å². The van der Waals surface area contributed by atoms with Crippen LogP contribution in [0.3, 0.4) is 0 Å². The number of halogens is 1. The number of anilines is 2. The Bertz CT molecular complexity index is 1310. The molecule has 1 amide bonds. The molecule has 0 spiro atoms. The van der Waals surface area contributed by atoms with Crippen LogP contribution in [0.4, 0.5) is 10.7 Å². The Morgan fingerprint density at radius 3 is 2.47 bits per heavy atom. The second kappa shape index (κ2) is 10.2. The van der Waals surface area contributed by atoms with Gasteiger partial charge in [0.05, 0.1) is 22.8 Å². The van der Waals surface area contributed by atoms with Crippen LogP contribution >= 0.6 is 22.9 Å². The Labute approximate surface area is 207 Å². The van der Waals surface area contributed by atoms with Crippen LogP contribution in [0.2, 0.25) is 5.02 Å². The fourth-order valence-electron chi connectivity index (χ4n) is 3.85. The topological polar surface area (TPSA) is 92.8 Å². The lowest BCUT2D eigenvalue weighted by Crippen LogP contribution is -2.38. The Morgan fingerprint density at radius 1 is 1.09 bits per heavy atom. The Balaban J connectivity index is 1.65. The Morgan fingerprint density at radius 2 is 1.79 bits per heavy atom. The first-order valence-corrected chi connectivity index (χ1v) is 13.4. The van der Waals surface area contributed by atoms with Crippen LogP contribution in [0.5, 0.6) is 0 Å². The first-order chi connectivity index (χ1) is 16.3. The van der Waals surface area contributed by atoms with Crippen LogP contribution in [0.1, 0.15) is 34.1 Å². The molecule has 1 aliphatic carbocycles. The second-order valence-electron chi connectivity index (χ2n) is 7.63. The lowest BCUT2D eigenvalue weighted by molar-refractivity contribution is -0.114. The number of hydrogen-bond acceptors (Lipinski definition) is 6. The van der Waals surface area contributed by atoms with Crippen LogP contribution in [-0.2, 0) is 32.4 Å². The van der Waals surface area contributed by atoms with Gasteiger partial charge < -0.3 is 10.1 Å². The summed E-state index contributed by atoms with van der Waals surface area (Å²) in [5.74, 6) is -1.05. The van der Waals surface area contributed by atoms with E-state index >= 15 is 0 Å². The summed E-state index contributed by atoms with van der Waals surface area (Å²) in [4.78, 5) is 26.8. The van der Waals surface area contributed by atoms with E-state index in [9.17, 15) is 18.0 Å². The molecule has 1 aliphatic rings. The zero-order valence-corrected chi connectivity index (χ0v) is 20.8. The van der Waals surface area contributed by atoms with Gasteiger partial charge >= 0.3 is 5.97 Å². The SMILES string of the molecule is CCOC(=O)c1c(NC(=O)CN(c2ccc(Cl)cc2)S(=O)(=O)c2ccccc2)sc2c1CCC2. The fourth-order valence-corrected chi connectivity index (χ4v) is 6.71. The van der Waals surface area contributed by atoms with Gasteiger partial charge in [0.15, 0.2) is 0 Å². The van der Waals surface area contributed by atoms with Gasteiger partial charge in [-0.15, -0.1) is 11.3 Å². The average Bonchev–Trinajstić information content (AvgIpc) is 3.39. The average molecular weight is 519 g/mol. The molecule has 0 aliphatic heterocycles. The first kappa shape index (κ1) is 24.3. The standard InChI is InChI=1S/C24H23ClN2O5S2/c1-2-32-24(29)22-19-9-6-10-20(19)33-23(22)26-21(28)15-27(17-13-11-16(25)12-14-17)34(30,31)18-7-4-3-5-8-18/h3-5,7-8,11-14H,2,6,9-10,15H2,1H3,(H,26,28). The summed E-state index contributed by atoms with van der Waals surface area (Å²) in [5.41, 5.74) is 1.57. The monoisotopic (exact) mass is 518 g/mol. The number of benzene rings is 2. The van der Waals surface area contributed by atoms with Gasteiger partial charge in [0.2, 0.25) is 5.91 Å². The molecule has 4 rings (SSSR count). The van der Waals surface area contributed by atoms with E-state index in [1.165, 1.54) is 23.5 Å². The summed E-state index contributed by atoms with van der Waals surface area (Å²) in [7, 11) is -4.04. The smallest absolute Gasteiger partial charge is 0.341 e. The van der Waals surface area contributed by atoms with E-state index in [0.717, 1.165) is 34.0 Å². The number of fused-ring (bicyclic) bond motifs is 1. The molecule has 0 unspecified atom stereocenters. The molecule has 1 aromatic heterocycles. The van der Waals surface area contributed by atoms with E-state index in [1.54, 1.807) is 49.4 Å². The van der Waals surface area contributed by atoms with Crippen molar-refractivity contribution >= 4 is 55.5 Å². The number of hydrogen-bond donors (Lipinski definition) is 1. The summed E-state index contributed by atoms with van der Waals surface area (Å²) in [6.45, 7) is 1.46. The van der Waals surface area contributed by atoms with Crippen LogP contribution in [0, 0.1) is 0 Å². The molecule has 34 heavy (non-hydrogen) atoms.